The molecule has 0 saturated heterocycles. The Morgan fingerprint density at radius 1 is 1.53 bits per heavy atom. The summed E-state index contributed by atoms with van der Waals surface area (Å²) in [6, 6.07) is 0. The number of rotatable bonds is 6. The van der Waals surface area contributed by atoms with Crippen molar-refractivity contribution < 1.29 is 4.79 Å². The predicted octanol–water partition coefficient (Wildman–Crippen LogP) is 3.14. The molecule has 1 saturated carbocycles. The number of carbonyl (C=O) groups excluding carboxylic acids is 1. The normalized spacial score (nSPS) is 16.9. The molecule has 2 rings (SSSR count). The second-order valence-electron chi connectivity index (χ2n) is 5.13. The molecule has 0 atom stereocenters. The Hall–Kier alpha value is -0.880. The molecule has 106 valence electrons. The van der Waals surface area contributed by atoms with Gasteiger partial charge in [0.05, 0.1) is 10.6 Å². The maximum atomic E-state index is 11.3. The Balaban J connectivity index is 2.15. The molecule has 1 heterocycles. The van der Waals surface area contributed by atoms with Gasteiger partial charge in [-0.15, -0.1) is 23.1 Å². The molecule has 0 spiro atoms. The van der Waals surface area contributed by atoms with E-state index in [0.29, 0.717) is 16.0 Å². The van der Waals surface area contributed by atoms with Crippen LogP contribution in [-0.4, -0.2) is 18.7 Å². The molecule has 4 nitrogen and oxygen atoms in total. The van der Waals surface area contributed by atoms with E-state index in [1.807, 2.05) is 6.26 Å². The van der Waals surface area contributed by atoms with Gasteiger partial charge in [0.15, 0.2) is 0 Å². The average Bonchev–Trinajstić information content (AvgIpc) is 2.65. The summed E-state index contributed by atoms with van der Waals surface area (Å²) in [5.74, 6) is -0.445. The molecule has 0 bridgehead atoms. The van der Waals surface area contributed by atoms with Crippen molar-refractivity contribution >= 4 is 39.7 Å². The first kappa shape index (κ1) is 14.5. The fraction of sp³-hybridized carbons (Fsp3) is 0.615. The minimum Gasteiger partial charge on any atom is -0.396 e. The zero-order chi connectivity index (χ0) is 14.0. The lowest BCUT2D eigenvalue weighted by molar-refractivity contribution is 0.100. The number of hydrogen-bond donors (Lipinski definition) is 3. The largest absolute Gasteiger partial charge is 0.396 e. The summed E-state index contributed by atoms with van der Waals surface area (Å²) >= 11 is 2.93. The third kappa shape index (κ3) is 2.69. The van der Waals surface area contributed by atoms with Crippen molar-refractivity contribution in [2.45, 2.75) is 37.5 Å². The van der Waals surface area contributed by atoms with Gasteiger partial charge in [-0.3, -0.25) is 4.79 Å². The summed E-state index contributed by atoms with van der Waals surface area (Å²) < 4.78 is 0. The molecule has 1 aliphatic carbocycles. The molecule has 0 unspecified atom stereocenters. The molecular weight excluding hydrogens is 278 g/mol. The SMILES string of the molecule is CCC1(CNc2sc(C(N)=O)c(N)c2SC)CCC1. The monoisotopic (exact) mass is 299 g/mol. The summed E-state index contributed by atoms with van der Waals surface area (Å²) in [6.45, 7) is 3.20. The lowest BCUT2D eigenvalue weighted by Gasteiger charge is -2.41. The van der Waals surface area contributed by atoms with Gasteiger partial charge in [-0.1, -0.05) is 13.3 Å². The van der Waals surface area contributed by atoms with Gasteiger partial charge in [-0.05, 0) is 30.9 Å². The number of anilines is 2. The molecule has 0 aromatic carbocycles. The smallest absolute Gasteiger partial charge is 0.261 e. The standard InChI is InChI=1S/C13H21N3OS2/c1-3-13(5-4-6-13)7-16-12-10(18-2)8(14)9(19-12)11(15)17/h16H,3-7,14H2,1-2H3,(H2,15,17). The van der Waals surface area contributed by atoms with E-state index in [-0.39, 0.29) is 0 Å². The van der Waals surface area contributed by atoms with Gasteiger partial charge in [0.25, 0.3) is 5.91 Å². The van der Waals surface area contributed by atoms with E-state index in [0.717, 1.165) is 16.4 Å². The number of hydrogen-bond acceptors (Lipinski definition) is 5. The first-order valence-corrected chi connectivity index (χ1v) is 8.57. The van der Waals surface area contributed by atoms with Crippen molar-refractivity contribution in [1.29, 1.82) is 0 Å². The molecule has 1 amide bonds. The molecular formula is C13H21N3OS2. The van der Waals surface area contributed by atoms with Gasteiger partial charge in [0.1, 0.15) is 9.88 Å². The third-order valence-corrected chi connectivity index (χ3v) is 6.25. The number of thioether (sulfide) groups is 1. The number of nitrogens with one attached hydrogen (secondary N) is 1. The minimum absolute atomic E-state index is 0.432. The Bertz CT molecular complexity index is 475. The summed E-state index contributed by atoms with van der Waals surface area (Å²) in [7, 11) is 0. The van der Waals surface area contributed by atoms with Gasteiger partial charge in [-0.2, -0.15) is 0 Å². The summed E-state index contributed by atoms with van der Waals surface area (Å²) in [5, 5.41) is 4.47. The van der Waals surface area contributed by atoms with E-state index in [1.54, 1.807) is 11.8 Å². The highest BCUT2D eigenvalue weighted by Crippen LogP contribution is 2.46. The number of carbonyl (C=O) groups is 1. The quantitative estimate of drug-likeness (QED) is 0.705. The molecule has 1 aromatic rings. The molecule has 6 heteroatoms. The number of nitrogen functional groups attached to an aromatic ring is 1. The van der Waals surface area contributed by atoms with E-state index in [2.05, 4.69) is 12.2 Å². The predicted molar refractivity (Wildman–Crippen MR) is 84.1 cm³/mol. The highest BCUT2D eigenvalue weighted by atomic mass is 32.2. The first-order chi connectivity index (χ1) is 9.03. The van der Waals surface area contributed by atoms with Crippen LogP contribution >= 0.6 is 23.1 Å². The lowest BCUT2D eigenvalue weighted by Crippen LogP contribution is -2.35. The topological polar surface area (TPSA) is 81.1 Å². The van der Waals surface area contributed by atoms with Crippen LogP contribution in [-0.2, 0) is 0 Å². The van der Waals surface area contributed by atoms with Crippen LogP contribution in [0, 0.1) is 5.41 Å². The van der Waals surface area contributed by atoms with Crippen LogP contribution in [0.1, 0.15) is 42.3 Å². The minimum atomic E-state index is -0.445. The number of thiophene rings is 1. The molecule has 1 aromatic heterocycles. The van der Waals surface area contributed by atoms with E-state index in [4.69, 9.17) is 11.5 Å². The van der Waals surface area contributed by atoms with Crippen molar-refractivity contribution in [2.75, 3.05) is 23.9 Å². The van der Waals surface area contributed by atoms with Crippen LogP contribution in [0.15, 0.2) is 4.90 Å². The van der Waals surface area contributed by atoms with Gasteiger partial charge in [0, 0.05) is 6.54 Å². The van der Waals surface area contributed by atoms with Gasteiger partial charge in [-0.25, -0.2) is 0 Å². The summed E-state index contributed by atoms with van der Waals surface area (Å²) in [6.07, 6.45) is 7.05. The second-order valence-corrected chi connectivity index (χ2v) is 6.97. The van der Waals surface area contributed by atoms with Crippen LogP contribution in [0.25, 0.3) is 0 Å². The molecule has 1 aliphatic rings. The van der Waals surface area contributed by atoms with Crippen molar-refractivity contribution in [3.05, 3.63) is 4.88 Å². The lowest BCUT2D eigenvalue weighted by atomic mass is 9.67. The van der Waals surface area contributed by atoms with Crippen molar-refractivity contribution in [3.63, 3.8) is 0 Å². The van der Waals surface area contributed by atoms with E-state index in [9.17, 15) is 4.79 Å². The fourth-order valence-electron chi connectivity index (χ4n) is 2.53. The van der Waals surface area contributed by atoms with Crippen molar-refractivity contribution in [1.82, 2.24) is 0 Å². The molecule has 1 fully saturated rings. The van der Waals surface area contributed by atoms with Gasteiger partial charge in [0.2, 0.25) is 0 Å². The third-order valence-electron chi connectivity index (χ3n) is 4.12. The average molecular weight is 299 g/mol. The number of nitrogens with two attached hydrogens (primary N) is 2. The Morgan fingerprint density at radius 2 is 2.21 bits per heavy atom. The Morgan fingerprint density at radius 3 is 2.63 bits per heavy atom. The maximum Gasteiger partial charge on any atom is 0.261 e. The van der Waals surface area contributed by atoms with Crippen LogP contribution < -0.4 is 16.8 Å². The Labute approximate surface area is 122 Å². The molecule has 19 heavy (non-hydrogen) atoms. The summed E-state index contributed by atoms with van der Waals surface area (Å²) in [4.78, 5) is 12.8. The Kier molecular flexibility index (Phi) is 4.30. The first-order valence-electron chi connectivity index (χ1n) is 6.53. The highest BCUT2D eigenvalue weighted by Gasteiger charge is 2.35. The van der Waals surface area contributed by atoms with Gasteiger partial charge >= 0.3 is 0 Å². The van der Waals surface area contributed by atoms with Crippen LogP contribution in [0.2, 0.25) is 0 Å². The van der Waals surface area contributed by atoms with E-state index >= 15 is 0 Å². The zero-order valence-electron chi connectivity index (χ0n) is 11.4. The second kappa shape index (κ2) is 5.63. The maximum absolute atomic E-state index is 11.3. The van der Waals surface area contributed by atoms with Crippen LogP contribution in [0.5, 0.6) is 0 Å². The number of amides is 1. The zero-order valence-corrected chi connectivity index (χ0v) is 13.0. The van der Waals surface area contributed by atoms with Crippen LogP contribution in [0.4, 0.5) is 10.7 Å². The number of primary amides is 1. The van der Waals surface area contributed by atoms with Crippen LogP contribution in [0.3, 0.4) is 0 Å². The fourth-order valence-corrected chi connectivity index (χ4v) is 4.41. The van der Waals surface area contributed by atoms with E-state index in [1.165, 1.54) is 37.0 Å². The molecule has 5 N–H and O–H groups in total. The molecule has 0 radical (unpaired) electrons. The van der Waals surface area contributed by atoms with E-state index < -0.39 is 5.91 Å². The highest BCUT2D eigenvalue weighted by molar-refractivity contribution is 7.99. The van der Waals surface area contributed by atoms with Crippen molar-refractivity contribution in [3.8, 4) is 0 Å². The van der Waals surface area contributed by atoms with Crippen molar-refractivity contribution in [2.24, 2.45) is 11.1 Å². The molecule has 0 aliphatic heterocycles. The summed E-state index contributed by atoms with van der Waals surface area (Å²) in [5.41, 5.74) is 12.3. The van der Waals surface area contributed by atoms with Gasteiger partial charge < -0.3 is 16.8 Å².